The molecule has 0 spiro atoms. The molecule has 0 saturated carbocycles. The lowest BCUT2D eigenvalue weighted by molar-refractivity contribution is -0.387. The van der Waals surface area contributed by atoms with Crippen molar-refractivity contribution >= 4 is 22.5 Å². The number of aromatic nitrogens is 2. The molecule has 0 bridgehead atoms. The van der Waals surface area contributed by atoms with Crippen molar-refractivity contribution in [2.24, 2.45) is 0 Å². The second-order valence-electron chi connectivity index (χ2n) is 5.38. The average Bonchev–Trinajstić information content (AvgIpc) is 2.37. The smallest absolute Gasteiger partial charge is 0.307 e. The van der Waals surface area contributed by atoms with Crippen LogP contribution < -0.4 is 10.1 Å². The molecule has 2 rings (SSSR count). The minimum Gasteiger partial charge on any atom is -0.469 e. The van der Waals surface area contributed by atoms with Crippen LogP contribution in [-0.2, 0) is 0 Å². The fraction of sp³-hybridized carbons (Fsp3) is 0.308. The van der Waals surface area contributed by atoms with Gasteiger partial charge in [0.15, 0.2) is 6.19 Å². The summed E-state index contributed by atoms with van der Waals surface area (Å²) in [7, 11) is 0. The Balaban J connectivity index is 2.66. The molecule has 1 N–H and O–H groups in total. The molecule has 0 aliphatic carbocycles. The summed E-state index contributed by atoms with van der Waals surface area (Å²) in [5.74, 6) is -1.00. The van der Waals surface area contributed by atoms with Crippen LogP contribution in [-0.4, -0.2) is 20.5 Å². The Bertz CT molecular complexity index is 795. The average molecular weight is 305 g/mol. The topological polar surface area (TPSA) is 114 Å². The number of nitro benzene ring substituents is 1. The Morgan fingerprint density at radius 3 is 2.55 bits per heavy atom. The molecule has 0 radical (unpaired) electrons. The van der Waals surface area contributed by atoms with E-state index in [9.17, 15) is 14.5 Å². The first-order valence-electron chi connectivity index (χ1n) is 6.21. The molecular formula is C13H12FN5O3. The quantitative estimate of drug-likeness (QED) is 0.401. The molecular weight excluding hydrogens is 293 g/mol. The second-order valence-corrected chi connectivity index (χ2v) is 5.38. The third-order valence-electron chi connectivity index (χ3n) is 2.47. The number of anilines is 1. The molecule has 0 unspecified atom stereocenters. The van der Waals surface area contributed by atoms with E-state index in [-0.39, 0.29) is 22.7 Å². The van der Waals surface area contributed by atoms with Crippen LogP contribution in [0.3, 0.4) is 0 Å². The van der Waals surface area contributed by atoms with E-state index in [1.54, 1.807) is 27.0 Å². The Kier molecular flexibility index (Phi) is 3.77. The molecule has 0 aliphatic heterocycles. The van der Waals surface area contributed by atoms with Crippen LogP contribution in [0.15, 0.2) is 12.1 Å². The lowest BCUT2D eigenvalue weighted by atomic mass is 10.2. The summed E-state index contributed by atoms with van der Waals surface area (Å²) < 4.78 is 19.2. The predicted molar refractivity (Wildman–Crippen MR) is 75.8 cm³/mol. The normalized spacial score (nSPS) is 11.0. The van der Waals surface area contributed by atoms with Gasteiger partial charge < -0.3 is 4.74 Å². The van der Waals surface area contributed by atoms with E-state index >= 15 is 0 Å². The minimum absolute atomic E-state index is 0.00540. The molecule has 8 nitrogen and oxygen atoms in total. The number of nitrogens with zero attached hydrogens (tertiary/aromatic N) is 4. The predicted octanol–water partition coefficient (Wildman–Crippen LogP) is 2.75. The summed E-state index contributed by atoms with van der Waals surface area (Å²) in [5, 5.41) is 21.8. The fourth-order valence-corrected chi connectivity index (χ4v) is 1.69. The third kappa shape index (κ3) is 3.17. The van der Waals surface area contributed by atoms with Crippen LogP contribution in [0.4, 0.5) is 15.9 Å². The second kappa shape index (κ2) is 5.40. The van der Waals surface area contributed by atoms with Crippen molar-refractivity contribution in [2.45, 2.75) is 26.4 Å². The van der Waals surface area contributed by atoms with Crippen LogP contribution in [0, 0.1) is 27.4 Å². The zero-order valence-corrected chi connectivity index (χ0v) is 12.0. The van der Waals surface area contributed by atoms with Crippen molar-refractivity contribution in [1.29, 1.82) is 5.26 Å². The number of halogens is 1. The van der Waals surface area contributed by atoms with Gasteiger partial charge in [0.25, 0.3) is 5.88 Å². The molecule has 0 aliphatic rings. The molecule has 114 valence electrons. The van der Waals surface area contributed by atoms with Crippen molar-refractivity contribution < 1.29 is 14.1 Å². The number of nitriles is 1. The summed E-state index contributed by atoms with van der Waals surface area (Å²) >= 11 is 0. The van der Waals surface area contributed by atoms with Gasteiger partial charge in [-0.25, -0.2) is 9.97 Å². The van der Waals surface area contributed by atoms with Crippen LogP contribution in [0.5, 0.6) is 5.88 Å². The molecule has 1 aromatic heterocycles. The Hall–Kier alpha value is -3.02. The summed E-state index contributed by atoms with van der Waals surface area (Å²) in [6.45, 7) is 5.31. The maximum absolute atomic E-state index is 13.7. The van der Waals surface area contributed by atoms with Gasteiger partial charge >= 0.3 is 5.69 Å². The highest BCUT2D eigenvalue weighted by molar-refractivity contribution is 5.80. The molecule has 1 aromatic carbocycles. The number of rotatable bonds is 3. The lowest BCUT2D eigenvalue weighted by Gasteiger charge is -2.21. The SMILES string of the molecule is CC(C)(C)Oc1nc2cc(F)c([N+](=O)[O-])cc2nc1NC#N. The standard InChI is InChI=1S/C13H12FN5O3/c1-13(2,3)22-12-11(16-6-15)17-9-5-10(19(20)21)7(14)4-8(9)18-12/h4-5H,1-3H3,(H,16,17). The van der Waals surface area contributed by atoms with Gasteiger partial charge in [0.1, 0.15) is 5.60 Å². The first kappa shape index (κ1) is 15.4. The van der Waals surface area contributed by atoms with Crippen LogP contribution >= 0.6 is 0 Å². The van der Waals surface area contributed by atoms with Crippen molar-refractivity contribution in [2.75, 3.05) is 5.32 Å². The van der Waals surface area contributed by atoms with E-state index in [4.69, 9.17) is 10.00 Å². The van der Waals surface area contributed by atoms with E-state index in [2.05, 4.69) is 15.3 Å². The van der Waals surface area contributed by atoms with Gasteiger partial charge in [-0.15, -0.1) is 0 Å². The van der Waals surface area contributed by atoms with Gasteiger partial charge in [-0.05, 0) is 20.8 Å². The Morgan fingerprint density at radius 1 is 1.36 bits per heavy atom. The summed E-state index contributed by atoms with van der Waals surface area (Å²) in [5.41, 5.74) is -1.17. The van der Waals surface area contributed by atoms with Crippen molar-refractivity contribution in [3.05, 3.63) is 28.1 Å². The number of nitrogens with one attached hydrogen (secondary N) is 1. The van der Waals surface area contributed by atoms with E-state index in [0.29, 0.717) is 0 Å². The zero-order chi connectivity index (χ0) is 16.5. The fourth-order valence-electron chi connectivity index (χ4n) is 1.69. The zero-order valence-electron chi connectivity index (χ0n) is 12.0. The lowest BCUT2D eigenvalue weighted by Crippen LogP contribution is -2.24. The van der Waals surface area contributed by atoms with Gasteiger partial charge in [0.2, 0.25) is 11.6 Å². The highest BCUT2D eigenvalue weighted by Gasteiger charge is 2.21. The largest absolute Gasteiger partial charge is 0.469 e. The Labute approximate surface area is 124 Å². The summed E-state index contributed by atoms with van der Waals surface area (Å²) in [6.07, 6.45) is 1.68. The van der Waals surface area contributed by atoms with Gasteiger partial charge in [0, 0.05) is 12.1 Å². The van der Waals surface area contributed by atoms with E-state index < -0.39 is 22.0 Å². The van der Waals surface area contributed by atoms with Crippen molar-refractivity contribution in [1.82, 2.24) is 9.97 Å². The summed E-state index contributed by atoms with van der Waals surface area (Å²) in [6, 6.07) is 1.87. The number of hydrogen-bond donors (Lipinski definition) is 1. The molecule has 0 atom stereocenters. The van der Waals surface area contributed by atoms with Crippen LogP contribution in [0.2, 0.25) is 0 Å². The number of hydrogen-bond acceptors (Lipinski definition) is 7. The number of benzene rings is 1. The third-order valence-corrected chi connectivity index (χ3v) is 2.47. The monoisotopic (exact) mass is 305 g/mol. The number of fused-ring (bicyclic) bond motifs is 1. The van der Waals surface area contributed by atoms with Gasteiger partial charge in [-0.2, -0.15) is 9.65 Å². The molecule has 0 fully saturated rings. The number of nitro groups is 1. The molecule has 0 amide bonds. The van der Waals surface area contributed by atoms with E-state index in [1.807, 2.05) is 0 Å². The van der Waals surface area contributed by atoms with Gasteiger partial charge in [-0.1, -0.05) is 0 Å². The highest BCUT2D eigenvalue weighted by Crippen LogP contribution is 2.29. The van der Waals surface area contributed by atoms with Crippen molar-refractivity contribution in [3.63, 3.8) is 0 Å². The van der Waals surface area contributed by atoms with Gasteiger partial charge in [-0.3, -0.25) is 15.4 Å². The van der Waals surface area contributed by atoms with Crippen LogP contribution in [0.25, 0.3) is 11.0 Å². The Morgan fingerprint density at radius 2 is 2.00 bits per heavy atom. The minimum atomic E-state index is -1.02. The first-order valence-corrected chi connectivity index (χ1v) is 6.21. The first-order chi connectivity index (χ1) is 10.2. The molecule has 1 heterocycles. The van der Waals surface area contributed by atoms with Crippen LogP contribution in [0.1, 0.15) is 20.8 Å². The summed E-state index contributed by atoms with van der Waals surface area (Å²) in [4.78, 5) is 18.0. The molecule has 0 saturated heterocycles. The molecule has 2 aromatic rings. The molecule has 22 heavy (non-hydrogen) atoms. The highest BCUT2D eigenvalue weighted by atomic mass is 19.1. The van der Waals surface area contributed by atoms with E-state index in [0.717, 1.165) is 12.1 Å². The van der Waals surface area contributed by atoms with Gasteiger partial charge in [0.05, 0.1) is 16.0 Å². The maximum Gasteiger partial charge on any atom is 0.307 e. The van der Waals surface area contributed by atoms with E-state index in [1.165, 1.54) is 0 Å². The van der Waals surface area contributed by atoms with Crippen molar-refractivity contribution in [3.8, 4) is 12.1 Å². The maximum atomic E-state index is 13.7. The number of ether oxygens (including phenoxy) is 1. The molecule has 9 heteroatoms.